The van der Waals surface area contributed by atoms with E-state index in [4.69, 9.17) is 18.0 Å². The van der Waals surface area contributed by atoms with Crippen molar-refractivity contribution >= 4 is 22.9 Å². The van der Waals surface area contributed by atoms with Crippen molar-refractivity contribution in [3.8, 4) is 0 Å². The highest BCUT2D eigenvalue weighted by Crippen LogP contribution is 2.10. The smallest absolute Gasteiger partial charge is 0.122 e. The van der Waals surface area contributed by atoms with Gasteiger partial charge in [0.1, 0.15) is 4.99 Å². The molecular formula is C11H17N5S. The molecule has 0 unspecified atom stereocenters. The van der Waals surface area contributed by atoms with Gasteiger partial charge < -0.3 is 16.1 Å². The molecule has 0 spiro atoms. The van der Waals surface area contributed by atoms with Crippen molar-refractivity contribution in [2.75, 3.05) is 38.7 Å². The van der Waals surface area contributed by atoms with E-state index < -0.39 is 0 Å². The molecule has 2 rings (SSSR count). The topological polar surface area (TPSA) is 57.4 Å². The maximum atomic E-state index is 5.55. The Kier molecular flexibility index (Phi) is 3.88. The third kappa shape index (κ3) is 3.36. The van der Waals surface area contributed by atoms with Gasteiger partial charge >= 0.3 is 0 Å². The minimum atomic E-state index is 0.326. The SMILES string of the molecule is CN1CCN(Nc2ccnc(C(N)=S)c2)CC1. The molecule has 1 fully saturated rings. The number of hydrogen-bond acceptors (Lipinski definition) is 5. The van der Waals surface area contributed by atoms with E-state index in [1.807, 2.05) is 12.1 Å². The summed E-state index contributed by atoms with van der Waals surface area (Å²) in [5.41, 5.74) is 10.5. The van der Waals surface area contributed by atoms with Crippen molar-refractivity contribution in [3.05, 3.63) is 24.0 Å². The fourth-order valence-electron chi connectivity index (χ4n) is 1.74. The summed E-state index contributed by atoms with van der Waals surface area (Å²) in [6.07, 6.45) is 1.72. The third-order valence-electron chi connectivity index (χ3n) is 2.80. The van der Waals surface area contributed by atoms with E-state index in [0.717, 1.165) is 31.9 Å². The molecule has 0 atom stereocenters. The van der Waals surface area contributed by atoms with Crippen molar-refractivity contribution < 1.29 is 0 Å². The minimum Gasteiger partial charge on any atom is -0.388 e. The van der Waals surface area contributed by atoms with Gasteiger partial charge in [-0.2, -0.15) is 0 Å². The van der Waals surface area contributed by atoms with Gasteiger partial charge in [-0.05, 0) is 19.2 Å². The summed E-state index contributed by atoms with van der Waals surface area (Å²) in [5, 5.41) is 2.19. The predicted octanol–water partition coefficient (Wildman–Crippen LogP) is 0.290. The van der Waals surface area contributed by atoms with Gasteiger partial charge in [0.2, 0.25) is 0 Å². The van der Waals surface area contributed by atoms with Crippen molar-refractivity contribution in [2.45, 2.75) is 0 Å². The predicted molar refractivity (Wildman–Crippen MR) is 72.8 cm³/mol. The second-order valence-corrected chi connectivity index (χ2v) is 4.64. The molecule has 2 heterocycles. The summed E-state index contributed by atoms with van der Waals surface area (Å²) >= 11 is 4.91. The molecule has 0 aliphatic carbocycles. The average molecular weight is 251 g/mol. The molecule has 0 bridgehead atoms. The van der Waals surface area contributed by atoms with Gasteiger partial charge in [0.15, 0.2) is 0 Å². The van der Waals surface area contributed by atoms with Gasteiger partial charge in [-0.25, -0.2) is 5.01 Å². The van der Waals surface area contributed by atoms with Crippen LogP contribution in [0.5, 0.6) is 0 Å². The monoisotopic (exact) mass is 251 g/mol. The lowest BCUT2D eigenvalue weighted by Crippen LogP contribution is -2.46. The van der Waals surface area contributed by atoms with Crippen LogP contribution in [0.1, 0.15) is 5.69 Å². The van der Waals surface area contributed by atoms with Gasteiger partial charge in [-0.3, -0.25) is 4.98 Å². The zero-order valence-corrected chi connectivity index (χ0v) is 10.7. The molecule has 1 aliphatic heterocycles. The zero-order valence-electron chi connectivity index (χ0n) is 9.89. The van der Waals surface area contributed by atoms with Gasteiger partial charge in [0.25, 0.3) is 0 Å². The van der Waals surface area contributed by atoms with Crippen LogP contribution in [0.4, 0.5) is 5.69 Å². The zero-order chi connectivity index (χ0) is 12.3. The van der Waals surface area contributed by atoms with E-state index in [1.54, 1.807) is 6.20 Å². The summed E-state index contributed by atoms with van der Waals surface area (Å²) in [7, 11) is 2.13. The van der Waals surface area contributed by atoms with E-state index in [0.29, 0.717) is 10.7 Å². The van der Waals surface area contributed by atoms with E-state index in [-0.39, 0.29) is 0 Å². The fourth-order valence-corrected chi connectivity index (χ4v) is 1.85. The fraction of sp³-hybridized carbons (Fsp3) is 0.455. The lowest BCUT2D eigenvalue weighted by atomic mass is 10.3. The maximum absolute atomic E-state index is 5.55. The number of piperazine rings is 1. The van der Waals surface area contributed by atoms with Crippen molar-refractivity contribution in [3.63, 3.8) is 0 Å². The normalized spacial score (nSPS) is 17.9. The van der Waals surface area contributed by atoms with Crippen LogP contribution >= 0.6 is 12.2 Å². The van der Waals surface area contributed by atoms with Crippen LogP contribution in [0.25, 0.3) is 0 Å². The summed E-state index contributed by atoms with van der Waals surface area (Å²) in [4.78, 5) is 6.75. The van der Waals surface area contributed by atoms with Crippen LogP contribution in [-0.4, -0.2) is 53.1 Å². The number of rotatable bonds is 3. The molecule has 0 aromatic carbocycles. The molecule has 3 N–H and O–H groups in total. The summed E-state index contributed by atoms with van der Waals surface area (Å²) < 4.78 is 0. The Morgan fingerprint density at radius 3 is 2.76 bits per heavy atom. The summed E-state index contributed by atoms with van der Waals surface area (Å²) in [6.45, 7) is 4.14. The first-order valence-electron chi connectivity index (χ1n) is 5.61. The minimum absolute atomic E-state index is 0.326. The Hall–Kier alpha value is -1.24. The molecule has 92 valence electrons. The second-order valence-electron chi connectivity index (χ2n) is 4.20. The van der Waals surface area contributed by atoms with Crippen LogP contribution in [0, 0.1) is 0 Å². The number of nitrogens with one attached hydrogen (secondary N) is 1. The van der Waals surface area contributed by atoms with Gasteiger partial charge in [-0.15, -0.1) is 0 Å². The highest BCUT2D eigenvalue weighted by molar-refractivity contribution is 7.80. The molecular weight excluding hydrogens is 234 g/mol. The van der Waals surface area contributed by atoms with E-state index in [2.05, 4.69) is 27.4 Å². The second kappa shape index (κ2) is 5.39. The molecule has 0 radical (unpaired) electrons. The number of nitrogens with two attached hydrogens (primary N) is 1. The van der Waals surface area contributed by atoms with Gasteiger partial charge in [0.05, 0.1) is 11.4 Å². The molecule has 1 saturated heterocycles. The first kappa shape index (κ1) is 12.2. The Balaban J connectivity index is 1.98. The molecule has 1 aliphatic rings. The molecule has 17 heavy (non-hydrogen) atoms. The van der Waals surface area contributed by atoms with Crippen molar-refractivity contribution in [2.24, 2.45) is 5.73 Å². The molecule has 1 aromatic rings. The van der Waals surface area contributed by atoms with Gasteiger partial charge in [-0.1, -0.05) is 12.2 Å². The van der Waals surface area contributed by atoms with Crippen LogP contribution in [0.15, 0.2) is 18.3 Å². The number of nitrogens with zero attached hydrogens (tertiary/aromatic N) is 3. The number of hydrogen-bond donors (Lipinski definition) is 2. The van der Waals surface area contributed by atoms with Crippen molar-refractivity contribution in [1.29, 1.82) is 0 Å². The number of likely N-dealkylation sites (N-methyl/N-ethyl adjacent to an activating group) is 1. The van der Waals surface area contributed by atoms with Crippen LogP contribution in [0.3, 0.4) is 0 Å². The molecule has 6 heteroatoms. The van der Waals surface area contributed by atoms with Crippen molar-refractivity contribution in [1.82, 2.24) is 14.9 Å². The Bertz CT molecular complexity index is 401. The maximum Gasteiger partial charge on any atom is 0.122 e. The Labute approximate surface area is 107 Å². The van der Waals surface area contributed by atoms with Crippen LogP contribution in [0.2, 0.25) is 0 Å². The lowest BCUT2D eigenvalue weighted by molar-refractivity contribution is 0.179. The van der Waals surface area contributed by atoms with Gasteiger partial charge in [0, 0.05) is 32.4 Å². The van der Waals surface area contributed by atoms with Crippen LogP contribution < -0.4 is 11.2 Å². The Morgan fingerprint density at radius 2 is 2.12 bits per heavy atom. The number of thiocarbonyl (C=S) groups is 1. The first-order valence-corrected chi connectivity index (χ1v) is 6.02. The number of anilines is 1. The number of pyridine rings is 1. The quantitative estimate of drug-likeness (QED) is 0.753. The largest absolute Gasteiger partial charge is 0.388 e. The summed E-state index contributed by atoms with van der Waals surface area (Å²) in [5.74, 6) is 0. The first-order chi connectivity index (χ1) is 8.15. The third-order valence-corrected chi connectivity index (χ3v) is 3.01. The molecule has 0 amide bonds. The number of aromatic nitrogens is 1. The van der Waals surface area contributed by atoms with E-state index in [1.165, 1.54) is 0 Å². The highest BCUT2D eigenvalue weighted by atomic mass is 32.1. The Morgan fingerprint density at radius 1 is 1.41 bits per heavy atom. The molecule has 1 aromatic heterocycles. The number of hydrazine groups is 1. The molecule has 0 saturated carbocycles. The molecule has 5 nitrogen and oxygen atoms in total. The summed E-state index contributed by atoms with van der Waals surface area (Å²) in [6, 6.07) is 3.79. The standard InChI is InChI=1S/C11H17N5S/c1-15-4-6-16(7-5-15)14-9-2-3-13-10(8-9)11(12)17/h2-3,8H,4-7H2,1H3,(H2,12,17)(H,13,14). The van der Waals surface area contributed by atoms with E-state index >= 15 is 0 Å². The average Bonchev–Trinajstić information content (AvgIpc) is 2.32. The highest BCUT2D eigenvalue weighted by Gasteiger charge is 2.13. The van der Waals surface area contributed by atoms with Crippen LogP contribution in [-0.2, 0) is 0 Å². The lowest BCUT2D eigenvalue weighted by Gasteiger charge is -2.33. The van der Waals surface area contributed by atoms with E-state index in [9.17, 15) is 0 Å².